The highest BCUT2D eigenvalue weighted by Gasteiger charge is 2.25. The molecule has 0 spiro atoms. The van der Waals surface area contributed by atoms with Crippen molar-refractivity contribution in [2.45, 2.75) is 18.6 Å². The van der Waals surface area contributed by atoms with E-state index in [2.05, 4.69) is 49.4 Å². The number of pyridine rings is 1. The monoisotopic (exact) mass is 450 g/mol. The minimum Gasteiger partial charge on any atom is -0.391 e. The van der Waals surface area contributed by atoms with Gasteiger partial charge in [0.2, 0.25) is 5.95 Å². The van der Waals surface area contributed by atoms with Gasteiger partial charge in [0.1, 0.15) is 0 Å². The lowest BCUT2D eigenvalue weighted by Gasteiger charge is -2.35. The number of hydrogen-bond acceptors (Lipinski definition) is 7. The number of aliphatic hydroxyl groups excluding tert-OH is 1. The lowest BCUT2D eigenvalue weighted by atomic mass is 10.0. The first-order chi connectivity index (χ1) is 16.0. The van der Waals surface area contributed by atoms with Crippen LogP contribution in [0.5, 0.6) is 0 Å². The number of aromatic nitrogens is 3. The Bertz CT molecular complexity index is 1200. The van der Waals surface area contributed by atoms with E-state index in [0.717, 1.165) is 37.0 Å². The van der Waals surface area contributed by atoms with E-state index in [9.17, 15) is 14.3 Å². The van der Waals surface area contributed by atoms with Crippen molar-refractivity contribution in [3.63, 3.8) is 0 Å². The lowest BCUT2D eigenvalue weighted by molar-refractivity contribution is 0.198. The van der Waals surface area contributed by atoms with Crippen LogP contribution in [0.2, 0.25) is 0 Å². The van der Waals surface area contributed by atoms with Crippen LogP contribution in [0.1, 0.15) is 18.0 Å². The van der Waals surface area contributed by atoms with Gasteiger partial charge in [0.25, 0.3) is 5.56 Å². The molecule has 3 aromatic rings. The number of piperazine rings is 1. The minimum absolute atomic E-state index is 0.0650. The number of β-amino-alcohol motifs (C(OH)–C–C–N with tert-alkyl or cyclic N) is 1. The first-order valence-electron chi connectivity index (χ1n) is 11.2. The second-order valence-corrected chi connectivity index (χ2v) is 8.63. The molecule has 0 radical (unpaired) electrons. The summed E-state index contributed by atoms with van der Waals surface area (Å²) in [4.78, 5) is 25.3. The van der Waals surface area contributed by atoms with Gasteiger partial charge in [0, 0.05) is 69.3 Å². The van der Waals surface area contributed by atoms with Crippen molar-refractivity contribution in [1.82, 2.24) is 19.9 Å². The van der Waals surface area contributed by atoms with Crippen molar-refractivity contribution >= 4 is 11.6 Å². The summed E-state index contributed by atoms with van der Waals surface area (Å²) in [6.07, 6.45) is 3.16. The smallest absolute Gasteiger partial charge is 0.255 e. The molecule has 172 valence electrons. The molecule has 8 nitrogen and oxygen atoms in total. The summed E-state index contributed by atoms with van der Waals surface area (Å²) >= 11 is 0. The van der Waals surface area contributed by atoms with Gasteiger partial charge in [0.05, 0.1) is 18.0 Å². The predicted molar refractivity (Wildman–Crippen MR) is 125 cm³/mol. The standard InChI is InChI=1S/C24H27FN6O2/c1-29-23(33)12-21(19-6-8-26-13-20(19)25)28-24(29)31-11-9-27-22(15-31)16-2-4-17(5-3-16)30-10-7-18(32)14-30/h2-6,8,12-13,18,22,27,32H,7,9-11,14-15H2,1H3/t18-,22-/m1/s1. The van der Waals surface area contributed by atoms with Gasteiger partial charge in [-0.1, -0.05) is 12.1 Å². The third kappa shape index (κ3) is 4.34. The van der Waals surface area contributed by atoms with Crippen molar-refractivity contribution in [2.24, 2.45) is 7.05 Å². The van der Waals surface area contributed by atoms with Crippen LogP contribution in [-0.2, 0) is 7.05 Å². The van der Waals surface area contributed by atoms with E-state index < -0.39 is 5.82 Å². The first-order valence-corrected chi connectivity index (χ1v) is 11.2. The number of nitrogens with zero attached hydrogens (tertiary/aromatic N) is 5. The van der Waals surface area contributed by atoms with Crippen LogP contribution in [0.4, 0.5) is 16.0 Å². The highest BCUT2D eigenvalue weighted by molar-refractivity contribution is 5.60. The average Bonchev–Trinajstić information content (AvgIpc) is 3.27. The van der Waals surface area contributed by atoms with Crippen molar-refractivity contribution in [2.75, 3.05) is 42.5 Å². The molecule has 2 N–H and O–H groups in total. The van der Waals surface area contributed by atoms with E-state index >= 15 is 0 Å². The van der Waals surface area contributed by atoms with E-state index in [4.69, 9.17) is 0 Å². The van der Waals surface area contributed by atoms with Crippen LogP contribution >= 0.6 is 0 Å². The fraction of sp³-hybridized carbons (Fsp3) is 0.375. The molecule has 2 saturated heterocycles. The van der Waals surface area contributed by atoms with Crippen molar-refractivity contribution in [3.05, 3.63) is 70.5 Å². The van der Waals surface area contributed by atoms with Gasteiger partial charge >= 0.3 is 0 Å². The topological polar surface area (TPSA) is 86.5 Å². The zero-order chi connectivity index (χ0) is 22.9. The Kier molecular flexibility index (Phi) is 5.82. The normalized spacial score (nSPS) is 20.9. The third-order valence-corrected chi connectivity index (χ3v) is 6.44. The van der Waals surface area contributed by atoms with Gasteiger partial charge in [-0.25, -0.2) is 9.37 Å². The molecular formula is C24H27FN6O2. The molecule has 9 heteroatoms. The van der Waals surface area contributed by atoms with E-state index in [1.54, 1.807) is 7.05 Å². The molecule has 5 rings (SSSR count). The SMILES string of the molecule is Cn1c(N2CCN[C@@H](c3ccc(N4CC[C@@H](O)C4)cc3)C2)nc(-c2ccncc2F)cc1=O. The molecule has 2 aromatic heterocycles. The van der Waals surface area contributed by atoms with E-state index in [1.165, 1.54) is 22.9 Å². The Morgan fingerprint density at radius 1 is 1.12 bits per heavy atom. The maximum absolute atomic E-state index is 14.3. The summed E-state index contributed by atoms with van der Waals surface area (Å²) in [7, 11) is 1.69. The fourth-order valence-corrected chi connectivity index (χ4v) is 4.58. The largest absolute Gasteiger partial charge is 0.391 e. The molecule has 4 heterocycles. The van der Waals surface area contributed by atoms with Crippen LogP contribution in [0.15, 0.2) is 53.6 Å². The number of benzene rings is 1. The highest BCUT2D eigenvalue weighted by Crippen LogP contribution is 2.26. The maximum Gasteiger partial charge on any atom is 0.255 e. The Hall–Kier alpha value is -3.30. The van der Waals surface area contributed by atoms with Gasteiger partial charge in [-0.3, -0.25) is 14.3 Å². The van der Waals surface area contributed by atoms with Crippen molar-refractivity contribution in [3.8, 4) is 11.3 Å². The molecule has 0 bridgehead atoms. The number of nitrogens with one attached hydrogen (secondary N) is 1. The minimum atomic E-state index is -0.506. The molecule has 2 aliphatic rings. The summed E-state index contributed by atoms with van der Waals surface area (Å²) in [5.41, 5.74) is 2.58. The van der Waals surface area contributed by atoms with Crippen LogP contribution < -0.4 is 20.7 Å². The van der Waals surface area contributed by atoms with Crippen LogP contribution in [-0.4, -0.2) is 58.5 Å². The lowest BCUT2D eigenvalue weighted by Crippen LogP contribution is -2.47. The first kappa shape index (κ1) is 21.5. The molecule has 2 aliphatic heterocycles. The molecule has 0 saturated carbocycles. The number of anilines is 2. The zero-order valence-electron chi connectivity index (χ0n) is 18.5. The second kappa shape index (κ2) is 8.92. The molecule has 1 aromatic carbocycles. The van der Waals surface area contributed by atoms with Gasteiger partial charge in [-0.2, -0.15) is 0 Å². The number of rotatable bonds is 4. The predicted octanol–water partition coefficient (Wildman–Crippen LogP) is 1.70. The summed E-state index contributed by atoms with van der Waals surface area (Å²) in [5.74, 6) is 0.0101. The molecule has 0 aliphatic carbocycles. The van der Waals surface area contributed by atoms with E-state index in [-0.39, 0.29) is 23.3 Å². The van der Waals surface area contributed by atoms with E-state index in [1.807, 2.05) is 0 Å². The fourth-order valence-electron chi connectivity index (χ4n) is 4.58. The number of halogens is 1. The summed E-state index contributed by atoms with van der Waals surface area (Å²) in [6, 6.07) is 11.4. The van der Waals surface area contributed by atoms with Gasteiger partial charge in [0.15, 0.2) is 5.82 Å². The summed E-state index contributed by atoms with van der Waals surface area (Å²) in [5, 5.41) is 13.3. The zero-order valence-corrected chi connectivity index (χ0v) is 18.5. The second-order valence-electron chi connectivity index (χ2n) is 8.63. The quantitative estimate of drug-likeness (QED) is 0.626. The Morgan fingerprint density at radius 3 is 2.67 bits per heavy atom. The molecule has 0 amide bonds. The summed E-state index contributed by atoms with van der Waals surface area (Å²) < 4.78 is 15.8. The summed E-state index contributed by atoms with van der Waals surface area (Å²) in [6.45, 7) is 3.58. The Morgan fingerprint density at radius 2 is 1.94 bits per heavy atom. The molecular weight excluding hydrogens is 423 g/mol. The average molecular weight is 451 g/mol. The molecule has 2 fully saturated rings. The highest BCUT2D eigenvalue weighted by atomic mass is 19.1. The Labute approximate surface area is 191 Å². The van der Waals surface area contributed by atoms with Gasteiger partial charge in [-0.05, 0) is 30.2 Å². The van der Waals surface area contributed by atoms with Crippen LogP contribution in [0.3, 0.4) is 0 Å². The van der Waals surface area contributed by atoms with Crippen molar-refractivity contribution < 1.29 is 9.50 Å². The number of hydrogen-bond donors (Lipinski definition) is 2. The third-order valence-electron chi connectivity index (χ3n) is 6.44. The van der Waals surface area contributed by atoms with Crippen LogP contribution in [0.25, 0.3) is 11.3 Å². The van der Waals surface area contributed by atoms with Gasteiger partial charge in [-0.15, -0.1) is 0 Å². The molecule has 0 unspecified atom stereocenters. The molecule has 33 heavy (non-hydrogen) atoms. The molecule has 2 atom stereocenters. The Balaban J connectivity index is 1.39. The van der Waals surface area contributed by atoms with Crippen molar-refractivity contribution in [1.29, 1.82) is 0 Å². The number of aliphatic hydroxyl groups is 1. The van der Waals surface area contributed by atoms with Gasteiger partial charge < -0.3 is 20.2 Å². The maximum atomic E-state index is 14.3. The van der Waals surface area contributed by atoms with E-state index in [0.29, 0.717) is 31.3 Å². The van der Waals surface area contributed by atoms with Crippen LogP contribution in [0, 0.1) is 5.82 Å².